The number of hydrogen-bond donors (Lipinski definition) is 2. The number of benzene rings is 1. The van der Waals surface area contributed by atoms with Crippen molar-refractivity contribution in [2.45, 2.75) is 58.0 Å². The molecule has 28 heavy (non-hydrogen) atoms. The molecule has 1 saturated carbocycles. The van der Waals surface area contributed by atoms with Crippen LogP contribution < -0.4 is 5.32 Å². The van der Waals surface area contributed by atoms with Gasteiger partial charge in [-0.15, -0.1) is 0 Å². The first kappa shape index (κ1) is 20.3. The number of para-hydroxylation sites is 1. The summed E-state index contributed by atoms with van der Waals surface area (Å²) in [6.07, 6.45) is 3.56. The molecular formula is C21H29N3O4. The van der Waals surface area contributed by atoms with Crippen molar-refractivity contribution in [2.24, 2.45) is 0 Å². The molecule has 1 saturated heterocycles. The number of carboxylic acids is 1. The van der Waals surface area contributed by atoms with Gasteiger partial charge in [0.15, 0.2) is 0 Å². The summed E-state index contributed by atoms with van der Waals surface area (Å²) in [5.41, 5.74) is 2.89. The fourth-order valence-corrected chi connectivity index (χ4v) is 3.91. The first-order valence-corrected chi connectivity index (χ1v) is 9.99. The molecule has 0 aromatic heterocycles. The molecule has 2 N–H and O–H groups in total. The first-order valence-electron chi connectivity index (χ1n) is 9.99. The van der Waals surface area contributed by atoms with Crippen LogP contribution in [0.2, 0.25) is 0 Å². The molecular weight excluding hydrogens is 358 g/mol. The standard InChI is InChI=1S/C21H29N3O4/c1-14-5-3-6-15(2)20(14)22-18(25)13-23(16-8-9-16)12-10-19(26)24-11-4-7-17(24)21(27)28/h3,5-6,16-17H,4,7-13H2,1-2H3,(H,22,25)(H,27,28). The van der Waals surface area contributed by atoms with Crippen LogP contribution in [0, 0.1) is 13.8 Å². The van der Waals surface area contributed by atoms with Gasteiger partial charge >= 0.3 is 5.97 Å². The Bertz CT molecular complexity index is 740. The van der Waals surface area contributed by atoms with Gasteiger partial charge in [-0.05, 0) is 50.7 Å². The molecule has 1 aliphatic carbocycles. The van der Waals surface area contributed by atoms with Crippen molar-refractivity contribution in [2.75, 3.05) is 25.0 Å². The van der Waals surface area contributed by atoms with Gasteiger partial charge in [-0.25, -0.2) is 4.79 Å². The second-order valence-corrected chi connectivity index (χ2v) is 7.85. The van der Waals surface area contributed by atoms with E-state index in [-0.39, 0.29) is 24.8 Å². The third-order valence-electron chi connectivity index (χ3n) is 5.63. The summed E-state index contributed by atoms with van der Waals surface area (Å²) >= 11 is 0. The molecule has 1 heterocycles. The van der Waals surface area contributed by atoms with Gasteiger partial charge in [-0.3, -0.25) is 14.5 Å². The number of aryl methyl sites for hydroxylation is 2. The van der Waals surface area contributed by atoms with E-state index in [0.717, 1.165) is 36.1 Å². The minimum Gasteiger partial charge on any atom is -0.480 e. The Balaban J connectivity index is 1.55. The van der Waals surface area contributed by atoms with E-state index < -0.39 is 12.0 Å². The van der Waals surface area contributed by atoms with Crippen LogP contribution in [0.4, 0.5) is 5.69 Å². The Morgan fingerprint density at radius 3 is 2.46 bits per heavy atom. The summed E-state index contributed by atoms with van der Waals surface area (Å²) in [5, 5.41) is 12.3. The van der Waals surface area contributed by atoms with E-state index in [1.807, 2.05) is 36.9 Å². The number of carbonyl (C=O) groups is 3. The van der Waals surface area contributed by atoms with Gasteiger partial charge < -0.3 is 15.3 Å². The number of hydrogen-bond acceptors (Lipinski definition) is 4. The molecule has 2 amide bonds. The number of carbonyl (C=O) groups excluding carboxylic acids is 2. The van der Waals surface area contributed by atoms with E-state index in [0.29, 0.717) is 25.6 Å². The summed E-state index contributed by atoms with van der Waals surface area (Å²) in [7, 11) is 0. The Morgan fingerprint density at radius 2 is 1.86 bits per heavy atom. The molecule has 0 spiro atoms. The zero-order valence-electron chi connectivity index (χ0n) is 16.6. The van der Waals surface area contributed by atoms with Gasteiger partial charge in [0.1, 0.15) is 6.04 Å². The minimum absolute atomic E-state index is 0.0821. The zero-order valence-corrected chi connectivity index (χ0v) is 16.6. The average Bonchev–Trinajstić information content (AvgIpc) is 3.36. The molecule has 1 aromatic rings. The Hall–Kier alpha value is -2.41. The van der Waals surface area contributed by atoms with E-state index in [1.54, 1.807) is 0 Å². The fraction of sp³-hybridized carbons (Fsp3) is 0.571. The van der Waals surface area contributed by atoms with Crippen molar-refractivity contribution in [3.05, 3.63) is 29.3 Å². The van der Waals surface area contributed by atoms with Crippen LogP contribution in [0.3, 0.4) is 0 Å². The van der Waals surface area contributed by atoms with Crippen molar-refractivity contribution in [3.63, 3.8) is 0 Å². The predicted molar refractivity (Wildman–Crippen MR) is 106 cm³/mol. The Morgan fingerprint density at radius 1 is 1.18 bits per heavy atom. The molecule has 0 radical (unpaired) electrons. The lowest BCUT2D eigenvalue weighted by atomic mass is 10.1. The maximum Gasteiger partial charge on any atom is 0.326 e. The predicted octanol–water partition coefficient (Wildman–Crippen LogP) is 2.17. The number of likely N-dealkylation sites (tertiary alicyclic amines) is 1. The maximum atomic E-state index is 12.6. The monoisotopic (exact) mass is 387 g/mol. The van der Waals surface area contributed by atoms with E-state index in [9.17, 15) is 19.5 Å². The molecule has 7 heteroatoms. The molecule has 1 aliphatic heterocycles. The summed E-state index contributed by atoms with van der Waals surface area (Å²) in [6.45, 7) is 5.16. The zero-order chi connectivity index (χ0) is 20.3. The third-order valence-corrected chi connectivity index (χ3v) is 5.63. The third kappa shape index (κ3) is 4.90. The van der Waals surface area contributed by atoms with Crippen molar-refractivity contribution in [1.82, 2.24) is 9.80 Å². The van der Waals surface area contributed by atoms with E-state index in [1.165, 1.54) is 4.90 Å². The molecule has 152 valence electrons. The average molecular weight is 387 g/mol. The summed E-state index contributed by atoms with van der Waals surface area (Å²) in [4.78, 5) is 39.9. The van der Waals surface area contributed by atoms with Gasteiger partial charge in [0.25, 0.3) is 0 Å². The SMILES string of the molecule is Cc1cccc(C)c1NC(=O)CN(CCC(=O)N1CCCC1C(=O)O)C1CC1. The second kappa shape index (κ2) is 8.73. The number of rotatable bonds is 8. The van der Waals surface area contributed by atoms with Gasteiger partial charge in [-0.1, -0.05) is 18.2 Å². The largest absolute Gasteiger partial charge is 0.480 e. The Labute approximate surface area is 165 Å². The number of nitrogens with one attached hydrogen (secondary N) is 1. The van der Waals surface area contributed by atoms with E-state index in [2.05, 4.69) is 5.32 Å². The lowest BCUT2D eigenvalue weighted by Gasteiger charge is -2.25. The normalized spacial score (nSPS) is 19.1. The number of anilines is 1. The topological polar surface area (TPSA) is 90.0 Å². The first-order chi connectivity index (χ1) is 13.4. The summed E-state index contributed by atoms with van der Waals surface area (Å²) in [5.74, 6) is -1.15. The highest BCUT2D eigenvalue weighted by Gasteiger charge is 2.35. The molecule has 1 unspecified atom stereocenters. The molecule has 2 aliphatic rings. The highest BCUT2D eigenvalue weighted by Crippen LogP contribution is 2.27. The van der Waals surface area contributed by atoms with Crippen LogP contribution >= 0.6 is 0 Å². The number of aliphatic carboxylic acids is 1. The second-order valence-electron chi connectivity index (χ2n) is 7.85. The van der Waals surface area contributed by atoms with Crippen molar-refractivity contribution < 1.29 is 19.5 Å². The van der Waals surface area contributed by atoms with Crippen LogP contribution in [0.5, 0.6) is 0 Å². The molecule has 3 rings (SSSR count). The van der Waals surface area contributed by atoms with Gasteiger partial charge in [-0.2, -0.15) is 0 Å². The van der Waals surface area contributed by atoms with Crippen molar-refractivity contribution >= 4 is 23.5 Å². The quantitative estimate of drug-likeness (QED) is 0.714. The Kier molecular flexibility index (Phi) is 6.34. The smallest absolute Gasteiger partial charge is 0.326 e. The summed E-state index contributed by atoms with van der Waals surface area (Å²) in [6, 6.07) is 5.54. The highest BCUT2D eigenvalue weighted by atomic mass is 16.4. The molecule has 7 nitrogen and oxygen atoms in total. The molecule has 1 aromatic carbocycles. The van der Waals surface area contributed by atoms with E-state index in [4.69, 9.17) is 0 Å². The van der Waals surface area contributed by atoms with Crippen LogP contribution in [0.15, 0.2) is 18.2 Å². The fourth-order valence-electron chi connectivity index (χ4n) is 3.91. The molecule has 1 atom stereocenters. The number of amides is 2. The maximum absolute atomic E-state index is 12.6. The summed E-state index contributed by atoms with van der Waals surface area (Å²) < 4.78 is 0. The van der Waals surface area contributed by atoms with E-state index >= 15 is 0 Å². The highest BCUT2D eigenvalue weighted by molar-refractivity contribution is 5.93. The molecule has 0 bridgehead atoms. The number of nitrogens with zero attached hydrogens (tertiary/aromatic N) is 2. The van der Waals surface area contributed by atoms with Gasteiger partial charge in [0, 0.05) is 31.2 Å². The van der Waals surface area contributed by atoms with Crippen LogP contribution in [-0.4, -0.2) is 64.4 Å². The van der Waals surface area contributed by atoms with Crippen LogP contribution in [0.25, 0.3) is 0 Å². The lowest BCUT2D eigenvalue weighted by Crippen LogP contribution is -2.43. The minimum atomic E-state index is -0.933. The lowest BCUT2D eigenvalue weighted by molar-refractivity contribution is -0.148. The number of carboxylic acid groups (broad SMARTS) is 1. The van der Waals surface area contributed by atoms with Crippen LogP contribution in [-0.2, 0) is 14.4 Å². The van der Waals surface area contributed by atoms with Crippen molar-refractivity contribution in [3.8, 4) is 0 Å². The van der Waals surface area contributed by atoms with Gasteiger partial charge in [0.2, 0.25) is 11.8 Å². The van der Waals surface area contributed by atoms with Gasteiger partial charge in [0.05, 0.1) is 6.54 Å². The molecule has 2 fully saturated rings. The van der Waals surface area contributed by atoms with Crippen LogP contribution in [0.1, 0.15) is 43.2 Å². The van der Waals surface area contributed by atoms with Crippen molar-refractivity contribution in [1.29, 1.82) is 0 Å².